The van der Waals surface area contributed by atoms with Crippen molar-refractivity contribution < 1.29 is 13.2 Å². The third-order valence-electron chi connectivity index (χ3n) is 1.95. The van der Waals surface area contributed by atoms with Crippen LogP contribution in [-0.4, -0.2) is 6.54 Å². The largest absolute Gasteiger partial charge is 0.416 e. The van der Waals surface area contributed by atoms with Gasteiger partial charge in [-0.1, -0.05) is 22.8 Å². The van der Waals surface area contributed by atoms with Gasteiger partial charge >= 0.3 is 6.18 Å². The third-order valence-corrected chi connectivity index (χ3v) is 2.30. The molecule has 0 radical (unpaired) electrons. The highest BCUT2D eigenvalue weighted by molar-refractivity contribution is 6.31. The van der Waals surface area contributed by atoms with Gasteiger partial charge in [0.15, 0.2) is 0 Å². The van der Waals surface area contributed by atoms with Crippen LogP contribution >= 0.6 is 11.6 Å². The van der Waals surface area contributed by atoms with E-state index in [0.29, 0.717) is 0 Å². The van der Waals surface area contributed by atoms with Gasteiger partial charge in [0.1, 0.15) is 0 Å². The van der Waals surface area contributed by atoms with Crippen molar-refractivity contribution in [3.05, 3.63) is 44.8 Å². The quantitative estimate of drug-likeness (QED) is 0.438. The van der Waals surface area contributed by atoms with Gasteiger partial charge in [0.05, 0.1) is 5.56 Å². The lowest BCUT2D eigenvalue weighted by molar-refractivity contribution is -0.138. The zero-order chi connectivity index (χ0) is 12.2. The van der Waals surface area contributed by atoms with Crippen molar-refractivity contribution in [2.45, 2.75) is 12.6 Å². The summed E-state index contributed by atoms with van der Waals surface area (Å²) in [5.74, 6) is 0. The van der Waals surface area contributed by atoms with Crippen molar-refractivity contribution >= 4 is 11.6 Å². The fraction of sp³-hybridized carbons (Fsp3) is 0.333. The van der Waals surface area contributed by atoms with E-state index in [9.17, 15) is 13.2 Å². The molecular formula is C9H7ClF3N3. The molecule has 0 aliphatic carbocycles. The number of azide groups is 1. The maximum atomic E-state index is 12.6. The summed E-state index contributed by atoms with van der Waals surface area (Å²) in [6.45, 7) is -0.0523. The molecule has 0 aromatic heterocycles. The van der Waals surface area contributed by atoms with Crippen molar-refractivity contribution in [3.63, 3.8) is 0 Å². The monoisotopic (exact) mass is 249 g/mol. The molecule has 3 nitrogen and oxygen atoms in total. The molecule has 0 atom stereocenters. The van der Waals surface area contributed by atoms with Gasteiger partial charge in [0.2, 0.25) is 0 Å². The molecule has 0 amide bonds. The van der Waals surface area contributed by atoms with E-state index in [-0.39, 0.29) is 23.6 Å². The molecule has 0 fully saturated rings. The molecule has 0 heterocycles. The molecule has 0 aliphatic rings. The van der Waals surface area contributed by atoms with Gasteiger partial charge in [-0.2, -0.15) is 13.2 Å². The Balaban J connectivity index is 3.08. The van der Waals surface area contributed by atoms with E-state index in [1.807, 2.05) is 0 Å². The molecule has 0 bridgehead atoms. The molecule has 0 aliphatic heterocycles. The van der Waals surface area contributed by atoms with E-state index in [1.165, 1.54) is 12.1 Å². The van der Waals surface area contributed by atoms with Crippen molar-refractivity contribution in [1.82, 2.24) is 0 Å². The summed E-state index contributed by atoms with van der Waals surface area (Å²) < 4.78 is 37.7. The number of alkyl halides is 3. The van der Waals surface area contributed by atoms with E-state index < -0.39 is 11.7 Å². The molecule has 16 heavy (non-hydrogen) atoms. The molecule has 0 unspecified atom stereocenters. The Labute approximate surface area is 94.5 Å². The van der Waals surface area contributed by atoms with Crippen LogP contribution in [-0.2, 0) is 12.6 Å². The van der Waals surface area contributed by atoms with Crippen LogP contribution in [0.4, 0.5) is 13.2 Å². The minimum Gasteiger partial charge on any atom is -0.166 e. The van der Waals surface area contributed by atoms with E-state index in [0.717, 1.165) is 6.07 Å². The first-order valence-electron chi connectivity index (χ1n) is 4.32. The van der Waals surface area contributed by atoms with Gasteiger partial charge in [-0.25, -0.2) is 0 Å². The van der Waals surface area contributed by atoms with Gasteiger partial charge in [-0.05, 0) is 29.6 Å². The summed E-state index contributed by atoms with van der Waals surface area (Å²) in [5, 5.41) is 3.22. The van der Waals surface area contributed by atoms with Crippen LogP contribution in [0.3, 0.4) is 0 Å². The van der Waals surface area contributed by atoms with Gasteiger partial charge in [0.25, 0.3) is 0 Å². The molecule has 1 rings (SSSR count). The van der Waals surface area contributed by atoms with Crippen LogP contribution in [0.25, 0.3) is 10.4 Å². The predicted molar refractivity (Wildman–Crippen MR) is 54.2 cm³/mol. The number of halogens is 4. The fourth-order valence-corrected chi connectivity index (χ4v) is 1.55. The number of hydrogen-bond acceptors (Lipinski definition) is 1. The fourth-order valence-electron chi connectivity index (χ4n) is 1.28. The average Bonchev–Trinajstić information content (AvgIpc) is 2.19. The predicted octanol–water partition coefficient (Wildman–Crippen LogP) is 4.21. The van der Waals surface area contributed by atoms with Crippen LogP contribution < -0.4 is 0 Å². The lowest BCUT2D eigenvalue weighted by Crippen LogP contribution is -2.10. The highest BCUT2D eigenvalue weighted by atomic mass is 35.5. The zero-order valence-electron chi connectivity index (χ0n) is 8.00. The van der Waals surface area contributed by atoms with Gasteiger partial charge in [-0.3, -0.25) is 0 Å². The first kappa shape index (κ1) is 12.7. The molecule has 0 spiro atoms. The van der Waals surface area contributed by atoms with E-state index in [2.05, 4.69) is 10.0 Å². The summed E-state index contributed by atoms with van der Waals surface area (Å²) in [5.41, 5.74) is 7.22. The Morgan fingerprint density at radius 2 is 2.06 bits per heavy atom. The van der Waals surface area contributed by atoms with Gasteiger partial charge < -0.3 is 0 Å². The topological polar surface area (TPSA) is 48.8 Å². The zero-order valence-corrected chi connectivity index (χ0v) is 8.76. The van der Waals surface area contributed by atoms with Gasteiger partial charge in [-0.15, -0.1) is 0 Å². The molecular weight excluding hydrogens is 243 g/mol. The number of hydrogen-bond donors (Lipinski definition) is 0. The van der Waals surface area contributed by atoms with Crippen molar-refractivity contribution in [2.24, 2.45) is 5.11 Å². The summed E-state index contributed by atoms with van der Waals surface area (Å²) in [6, 6.07) is 3.57. The van der Waals surface area contributed by atoms with Crippen LogP contribution in [0.5, 0.6) is 0 Å². The molecule has 0 saturated heterocycles. The van der Waals surface area contributed by atoms with Crippen molar-refractivity contribution in [2.75, 3.05) is 6.54 Å². The Morgan fingerprint density at radius 1 is 1.38 bits per heavy atom. The average molecular weight is 250 g/mol. The Morgan fingerprint density at radius 3 is 2.62 bits per heavy atom. The first-order valence-corrected chi connectivity index (χ1v) is 4.70. The van der Waals surface area contributed by atoms with Crippen LogP contribution in [0, 0.1) is 0 Å². The first-order chi connectivity index (χ1) is 7.46. The molecule has 7 heteroatoms. The Hall–Kier alpha value is -1.39. The normalized spacial score (nSPS) is 11.0. The highest BCUT2D eigenvalue weighted by Crippen LogP contribution is 2.35. The minimum atomic E-state index is -4.45. The lowest BCUT2D eigenvalue weighted by atomic mass is 10.0. The maximum Gasteiger partial charge on any atom is 0.416 e. The highest BCUT2D eigenvalue weighted by Gasteiger charge is 2.33. The molecule has 86 valence electrons. The third kappa shape index (κ3) is 3.05. The number of rotatable bonds is 3. The standard InChI is InChI=1S/C9H7ClF3N3/c10-8-3-1-2-7(9(11,12)13)6(8)4-5-15-16-14/h1-3H,4-5H2. The van der Waals surface area contributed by atoms with E-state index in [4.69, 9.17) is 17.1 Å². The molecule has 0 saturated carbocycles. The summed E-state index contributed by atoms with van der Waals surface area (Å²) >= 11 is 5.68. The smallest absolute Gasteiger partial charge is 0.166 e. The van der Waals surface area contributed by atoms with E-state index in [1.54, 1.807) is 0 Å². The maximum absolute atomic E-state index is 12.6. The SMILES string of the molecule is [N-]=[N+]=NCCc1c(Cl)cccc1C(F)(F)F. The summed E-state index contributed by atoms with van der Waals surface area (Å²) in [4.78, 5) is 2.47. The number of nitrogens with zero attached hydrogens (tertiary/aromatic N) is 3. The van der Waals surface area contributed by atoms with Crippen LogP contribution in [0.15, 0.2) is 23.3 Å². The Kier molecular flexibility index (Phi) is 4.04. The van der Waals surface area contributed by atoms with Crippen molar-refractivity contribution in [1.29, 1.82) is 0 Å². The van der Waals surface area contributed by atoms with Gasteiger partial charge in [0, 0.05) is 16.5 Å². The second-order valence-electron chi connectivity index (χ2n) is 2.97. The molecule has 1 aromatic carbocycles. The van der Waals surface area contributed by atoms with Crippen molar-refractivity contribution in [3.8, 4) is 0 Å². The van der Waals surface area contributed by atoms with E-state index >= 15 is 0 Å². The van der Waals surface area contributed by atoms with Crippen LogP contribution in [0.1, 0.15) is 11.1 Å². The van der Waals surface area contributed by atoms with Crippen LogP contribution in [0.2, 0.25) is 5.02 Å². The molecule has 0 N–H and O–H groups in total. The lowest BCUT2D eigenvalue weighted by Gasteiger charge is -2.13. The molecule has 1 aromatic rings. The second-order valence-corrected chi connectivity index (χ2v) is 3.38. The second kappa shape index (κ2) is 5.09. The minimum absolute atomic E-state index is 0.0292. The summed E-state index contributed by atoms with van der Waals surface area (Å²) in [7, 11) is 0. The number of benzene rings is 1. The Bertz CT molecular complexity index is 424. The summed E-state index contributed by atoms with van der Waals surface area (Å²) in [6.07, 6.45) is -4.48.